The van der Waals surface area contributed by atoms with Crippen LogP contribution in [0.15, 0.2) is 12.1 Å². The first-order valence-corrected chi connectivity index (χ1v) is 5.09. The molecule has 0 fully saturated rings. The number of rotatable bonds is 1. The van der Waals surface area contributed by atoms with Crippen LogP contribution in [0.4, 0.5) is 0 Å². The molecule has 0 aromatic carbocycles. The highest BCUT2D eigenvalue weighted by atomic mass is 35.6. The maximum absolute atomic E-state index is 5.58. The Morgan fingerprint density at radius 1 is 1.62 bits per heavy atom. The zero-order valence-corrected chi connectivity index (χ0v) is 7.01. The number of hydrogen-bond donors (Lipinski definition) is 0. The topological polar surface area (TPSA) is 0 Å². The summed E-state index contributed by atoms with van der Waals surface area (Å²) in [5.41, 5.74) is 0. The molecule has 0 saturated heterocycles. The lowest BCUT2D eigenvalue weighted by Gasteiger charge is -1.76. The van der Waals surface area contributed by atoms with Gasteiger partial charge in [0.15, 0.2) is 0 Å². The van der Waals surface area contributed by atoms with Crippen molar-refractivity contribution in [2.24, 2.45) is 0 Å². The van der Waals surface area contributed by atoms with Gasteiger partial charge >= 0.3 is 0 Å². The quantitative estimate of drug-likeness (QED) is 0.432. The van der Waals surface area contributed by atoms with Crippen molar-refractivity contribution in [1.29, 1.82) is 0 Å². The van der Waals surface area contributed by atoms with Gasteiger partial charge in [0.25, 0.3) is 0 Å². The number of halogens is 1. The van der Waals surface area contributed by atoms with Crippen LogP contribution in [-0.2, 0) is 0 Å². The van der Waals surface area contributed by atoms with Gasteiger partial charge in [-0.25, -0.2) is 0 Å². The summed E-state index contributed by atoms with van der Waals surface area (Å²) in [6, 6.07) is 4.17. The van der Waals surface area contributed by atoms with E-state index in [2.05, 4.69) is 19.1 Å². The highest BCUT2D eigenvalue weighted by Crippen LogP contribution is 2.02. The molecule has 0 bridgehead atoms. The van der Waals surface area contributed by atoms with Crippen molar-refractivity contribution in [3.05, 3.63) is 17.0 Å². The Hall–Kier alpha value is 0.207. The molecule has 0 aliphatic heterocycles. The average Bonchev–Trinajstić information content (AvgIpc) is 2.14. The number of hydrogen-bond acceptors (Lipinski definition) is 1. The molecular formula is C5H5ClSSi. The molecule has 1 heterocycles. The van der Waals surface area contributed by atoms with E-state index in [0.29, 0.717) is 8.83 Å². The summed E-state index contributed by atoms with van der Waals surface area (Å²) in [4.78, 5) is 1.34. The van der Waals surface area contributed by atoms with E-state index in [0.717, 1.165) is 0 Å². The summed E-state index contributed by atoms with van der Waals surface area (Å²) in [5.74, 6) is 0. The molecule has 0 N–H and O–H groups in total. The molecule has 0 amide bonds. The Morgan fingerprint density at radius 3 is 2.62 bits per heavy atom. The van der Waals surface area contributed by atoms with Crippen molar-refractivity contribution in [2.45, 2.75) is 6.92 Å². The summed E-state index contributed by atoms with van der Waals surface area (Å²) in [6.07, 6.45) is 0. The third kappa shape index (κ3) is 1.34. The summed E-state index contributed by atoms with van der Waals surface area (Å²) in [5, 5.41) is 0. The highest BCUT2D eigenvalue weighted by Gasteiger charge is 1.92. The van der Waals surface area contributed by atoms with E-state index in [1.165, 1.54) is 9.38 Å². The maximum atomic E-state index is 5.58. The third-order valence-electron chi connectivity index (χ3n) is 0.833. The second-order valence-electron chi connectivity index (χ2n) is 1.50. The number of thiophene rings is 1. The lowest BCUT2D eigenvalue weighted by Crippen LogP contribution is -1.99. The minimum Gasteiger partial charge on any atom is -0.164 e. The molecule has 0 aliphatic rings. The molecular weight excluding hydrogens is 156 g/mol. The summed E-state index contributed by atoms with van der Waals surface area (Å²) in [7, 11) is 0.442. The van der Waals surface area contributed by atoms with E-state index in [1.54, 1.807) is 11.3 Å². The zero-order valence-electron chi connectivity index (χ0n) is 4.44. The largest absolute Gasteiger partial charge is 0.222 e. The predicted molar refractivity (Wildman–Crippen MR) is 40.3 cm³/mol. The fourth-order valence-electron chi connectivity index (χ4n) is 0.485. The minimum atomic E-state index is 0.442. The molecule has 1 aromatic heterocycles. The maximum Gasteiger partial charge on any atom is 0.222 e. The molecule has 1 rings (SSSR count). The fraction of sp³-hybridized carbons (Fsp3) is 0.200. The van der Waals surface area contributed by atoms with Gasteiger partial charge in [-0.3, -0.25) is 0 Å². The van der Waals surface area contributed by atoms with Crippen LogP contribution in [0.2, 0.25) is 0 Å². The first kappa shape index (κ1) is 6.33. The standard InChI is InChI=1S/C5H5ClSSi/c1-4-2-3-5(7-4)8-6/h2-3H,1H3. The second kappa shape index (κ2) is 2.67. The van der Waals surface area contributed by atoms with Crippen molar-refractivity contribution >= 4 is 35.7 Å². The van der Waals surface area contributed by atoms with Gasteiger partial charge in [-0.2, -0.15) is 11.1 Å². The Bertz CT molecular complexity index is 173. The van der Waals surface area contributed by atoms with Crippen LogP contribution < -0.4 is 4.50 Å². The third-order valence-corrected chi connectivity index (χ3v) is 3.56. The molecule has 0 unspecified atom stereocenters. The van der Waals surface area contributed by atoms with Crippen LogP contribution in [-0.4, -0.2) is 8.83 Å². The molecule has 42 valence electrons. The molecule has 8 heavy (non-hydrogen) atoms. The van der Waals surface area contributed by atoms with E-state index in [1.807, 2.05) is 0 Å². The van der Waals surface area contributed by atoms with Gasteiger partial charge in [-0.1, -0.05) is 6.07 Å². The molecule has 3 heteroatoms. The van der Waals surface area contributed by atoms with Crippen molar-refractivity contribution < 1.29 is 0 Å². The van der Waals surface area contributed by atoms with E-state index in [9.17, 15) is 0 Å². The fourth-order valence-corrected chi connectivity index (χ4v) is 2.42. The van der Waals surface area contributed by atoms with Crippen LogP contribution >= 0.6 is 22.4 Å². The van der Waals surface area contributed by atoms with Crippen LogP contribution in [0, 0.1) is 6.92 Å². The van der Waals surface area contributed by atoms with Crippen LogP contribution in [0.1, 0.15) is 4.88 Å². The van der Waals surface area contributed by atoms with Gasteiger partial charge in [-0.05, 0) is 13.0 Å². The van der Waals surface area contributed by atoms with E-state index >= 15 is 0 Å². The van der Waals surface area contributed by atoms with Gasteiger partial charge in [0.1, 0.15) is 0 Å². The molecule has 0 saturated carbocycles. The van der Waals surface area contributed by atoms with E-state index in [4.69, 9.17) is 11.1 Å². The van der Waals surface area contributed by atoms with E-state index in [-0.39, 0.29) is 0 Å². The zero-order chi connectivity index (χ0) is 5.98. The van der Waals surface area contributed by atoms with Crippen LogP contribution in [0.3, 0.4) is 0 Å². The first-order chi connectivity index (χ1) is 3.83. The monoisotopic (exact) mass is 160 g/mol. The van der Waals surface area contributed by atoms with Crippen molar-refractivity contribution in [1.82, 2.24) is 0 Å². The molecule has 0 aliphatic carbocycles. The molecule has 0 nitrogen and oxygen atoms in total. The van der Waals surface area contributed by atoms with Crippen molar-refractivity contribution in [3.63, 3.8) is 0 Å². The average molecular weight is 161 g/mol. The Kier molecular flexibility index (Phi) is 2.11. The SMILES string of the molecule is Cc1ccc([Si]Cl)s1. The van der Waals surface area contributed by atoms with Gasteiger partial charge in [0.2, 0.25) is 8.83 Å². The lowest BCUT2D eigenvalue weighted by atomic mass is 10.5. The molecule has 1 aromatic rings. The smallest absolute Gasteiger partial charge is 0.164 e. The summed E-state index contributed by atoms with van der Waals surface area (Å²) >= 11 is 7.35. The molecule has 0 atom stereocenters. The highest BCUT2D eigenvalue weighted by molar-refractivity contribution is 7.27. The van der Waals surface area contributed by atoms with Gasteiger partial charge in [0.05, 0.1) is 0 Å². The Labute approximate surface area is 60.0 Å². The van der Waals surface area contributed by atoms with Gasteiger partial charge in [0, 0.05) is 9.38 Å². The van der Waals surface area contributed by atoms with Crippen molar-refractivity contribution in [3.8, 4) is 0 Å². The molecule has 0 spiro atoms. The van der Waals surface area contributed by atoms with Crippen LogP contribution in [0.5, 0.6) is 0 Å². The Morgan fingerprint density at radius 2 is 2.38 bits per heavy atom. The first-order valence-electron chi connectivity index (χ1n) is 2.26. The van der Waals surface area contributed by atoms with Gasteiger partial charge in [-0.15, -0.1) is 11.3 Å². The minimum absolute atomic E-state index is 0.442. The normalized spacial score (nSPS) is 9.75. The summed E-state index contributed by atoms with van der Waals surface area (Å²) in [6.45, 7) is 2.09. The van der Waals surface area contributed by atoms with Gasteiger partial charge < -0.3 is 0 Å². The molecule has 2 radical (unpaired) electrons. The lowest BCUT2D eigenvalue weighted by molar-refractivity contribution is 1.64. The van der Waals surface area contributed by atoms with Crippen molar-refractivity contribution in [2.75, 3.05) is 0 Å². The second-order valence-corrected chi connectivity index (χ2v) is 4.45. The van der Waals surface area contributed by atoms with Crippen LogP contribution in [0.25, 0.3) is 0 Å². The summed E-state index contributed by atoms with van der Waals surface area (Å²) < 4.78 is 1.28. The Balaban J connectivity index is 2.84. The predicted octanol–water partition coefficient (Wildman–Crippen LogP) is 1.54. The van der Waals surface area contributed by atoms with E-state index < -0.39 is 0 Å². The number of aryl methyl sites for hydroxylation is 1.